The number of rotatable bonds is 5. The second kappa shape index (κ2) is 6.32. The zero-order valence-corrected chi connectivity index (χ0v) is 12.4. The van der Waals surface area contributed by atoms with Gasteiger partial charge in [0.1, 0.15) is 11.6 Å². The average molecular weight is 309 g/mol. The maximum Gasteiger partial charge on any atom is 0.220 e. The maximum absolute atomic E-state index is 13.5. The summed E-state index contributed by atoms with van der Waals surface area (Å²) >= 11 is 0. The second-order valence-electron chi connectivity index (χ2n) is 6.51. The van der Waals surface area contributed by atoms with Crippen molar-refractivity contribution in [3.8, 4) is 0 Å². The molecule has 0 spiro atoms. The number of carbonyl (C=O) groups excluding carboxylic acids is 1. The van der Waals surface area contributed by atoms with E-state index in [1.807, 2.05) is 0 Å². The van der Waals surface area contributed by atoms with E-state index in [4.69, 9.17) is 0 Å². The SMILES string of the molecule is O=C(CCc1ccc(F)cc1F)NC1C2CCC(C2)C1CO. The molecule has 5 heteroatoms. The molecule has 0 aromatic heterocycles. The molecule has 2 fully saturated rings. The first kappa shape index (κ1) is 15.4. The molecule has 2 N–H and O–H groups in total. The van der Waals surface area contributed by atoms with Gasteiger partial charge in [0, 0.05) is 31.1 Å². The zero-order chi connectivity index (χ0) is 15.7. The number of hydrogen-bond acceptors (Lipinski definition) is 2. The van der Waals surface area contributed by atoms with Crippen LogP contribution >= 0.6 is 0 Å². The van der Waals surface area contributed by atoms with Crippen LogP contribution < -0.4 is 5.32 Å². The third-order valence-corrected chi connectivity index (χ3v) is 5.26. The average Bonchev–Trinajstić information content (AvgIpc) is 3.07. The number of amides is 1. The number of carbonyl (C=O) groups is 1. The van der Waals surface area contributed by atoms with Gasteiger partial charge in [-0.3, -0.25) is 4.79 Å². The molecule has 1 aromatic carbocycles. The monoisotopic (exact) mass is 309 g/mol. The Balaban J connectivity index is 1.54. The first-order valence-corrected chi connectivity index (χ1v) is 7.92. The number of halogens is 2. The molecule has 0 aliphatic heterocycles. The lowest BCUT2D eigenvalue weighted by Gasteiger charge is -2.30. The molecule has 0 radical (unpaired) electrons. The molecule has 0 saturated heterocycles. The van der Waals surface area contributed by atoms with Gasteiger partial charge in [0.2, 0.25) is 5.91 Å². The minimum absolute atomic E-state index is 0.0503. The number of benzene rings is 1. The van der Waals surface area contributed by atoms with Crippen molar-refractivity contribution in [1.29, 1.82) is 0 Å². The topological polar surface area (TPSA) is 49.3 Å². The van der Waals surface area contributed by atoms with Crippen LogP contribution in [0.4, 0.5) is 8.78 Å². The van der Waals surface area contributed by atoms with Crippen molar-refractivity contribution < 1.29 is 18.7 Å². The van der Waals surface area contributed by atoms with Crippen molar-refractivity contribution in [1.82, 2.24) is 5.32 Å². The Morgan fingerprint density at radius 3 is 2.77 bits per heavy atom. The molecule has 2 bridgehead atoms. The summed E-state index contributed by atoms with van der Waals surface area (Å²) in [5, 5.41) is 12.5. The molecule has 4 unspecified atom stereocenters. The lowest BCUT2D eigenvalue weighted by molar-refractivity contribution is -0.122. The summed E-state index contributed by atoms with van der Waals surface area (Å²) in [6.45, 7) is 0.110. The molecule has 3 rings (SSSR count). The zero-order valence-electron chi connectivity index (χ0n) is 12.4. The highest BCUT2D eigenvalue weighted by Gasteiger charge is 2.47. The van der Waals surface area contributed by atoms with E-state index in [0.29, 0.717) is 17.4 Å². The molecule has 2 aliphatic rings. The minimum atomic E-state index is -0.613. The Labute approximate surface area is 128 Å². The highest BCUT2D eigenvalue weighted by molar-refractivity contribution is 5.76. The van der Waals surface area contributed by atoms with Crippen molar-refractivity contribution in [3.05, 3.63) is 35.4 Å². The van der Waals surface area contributed by atoms with Gasteiger partial charge >= 0.3 is 0 Å². The van der Waals surface area contributed by atoms with Crippen LogP contribution in [-0.2, 0) is 11.2 Å². The second-order valence-corrected chi connectivity index (χ2v) is 6.51. The Morgan fingerprint density at radius 2 is 2.05 bits per heavy atom. The van der Waals surface area contributed by atoms with Crippen LogP contribution in [0.15, 0.2) is 18.2 Å². The van der Waals surface area contributed by atoms with Crippen LogP contribution in [0.1, 0.15) is 31.2 Å². The minimum Gasteiger partial charge on any atom is -0.396 e. The number of aliphatic hydroxyl groups is 1. The first-order chi connectivity index (χ1) is 10.6. The maximum atomic E-state index is 13.5. The van der Waals surface area contributed by atoms with Crippen molar-refractivity contribution in [2.45, 2.75) is 38.1 Å². The summed E-state index contributed by atoms with van der Waals surface area (Å²) in [4.78, 5) is 12.1. The van der Waals surface area contributed by atoms with Gasteiger partial charge in [0.25, 0.3) is 0 Å². The predicted molar refractivity (Wildman–Crippen MR) is 78.0 cm³/mol. The quantitative estimate of drug-likeness (QED) is 0.877. The fourth-order valence-electron chi connectivity index (χ4n) is 4.13. The van der Waals surface area contributed by atoms with Crippen LogP contribution in [0.2, 0.25) is 0 Å². The van der Waals surface area contributed by atoms with Crippen LogP contribution in [0.25, 0.3) is 0 Å². The van der Waals surface area contributed by atoms with Gasteiger partial charge < -0.3 is 10.4 Å². The van der Waals surface area contributed by atoms with Crippen molar-refractivity contribution in [2.75, 3.05) is 6.61 Å². The smallest absolute Gasteiger partial charge is 0.220 e. The number of aliphatic hydroxyl groups excluding tert-OH is 1. The lowest BCUT2D eigenvalue weighted by Crippen LogP contribution is -2.45. The van der Waals surface area contributed by atoms with Gasteiger partial charge in [-0.15, -0.1) is 0 Å². The Bertz CT molecular complexity index is 564. The van der Waals surface area contributed by atoms with Crippen LogP contribution in [0.5, 0.6) is 0 Å². The highest BCUT2D eigenvalue weighted by Crippen LogP contribution is 2.48. The Kier molecular flexibility index (Phi) is 4.43. The van der Waals surface area contributed by atoms with Gasteiger partial charge in [-0.05, 0) is 49.1 Å². The molecular weight excluding hydrogens is 288 g/mol. The molecular formula is C17H21F2NO2. The van der Waals surface area contributed by atoms with E-state index in [1.54, 1.807) is 0 Å². The summed E-state index contributed by atoms with van der Waals surface area (Å²) in [5.41, 5.74) is 0.350. The molecule has 4 atom stereocenters. The third kappa shape index (κ3) is 3.00. The summed E-state index contributed by atoms with van der Waals surface area (Å²) < 4.78 is 26.4. The number of aryl methyl sites for hydroxylation is 1. The summed E-state index contributed by atoms with van der Waals surface area (Å²) in [5.74, 6) is -0.201. The molecule has 1 aromatic rings. The fraction of sp³-hybridized carbons (Fsp3) is 0.588. The number of fused-ring (bicyclic) bond motifs is 2. The number of hydrogen-bond donors (Lipinski definition) is 2. The van der Waals surface area contributed by atoms with Gasteiger partial charge in [-0.1, -0.05) is 6.07 Å². The molecule has 2 aliphatic carbocycles. The van der Waals surface area contributed by atoms with Gasteiger partial charge in [-0.2, -0.15) is 0 Å². The molecule has 0 heterocycles. The Hall–Kier alpha value is -1.49. The van der Waals surface area contributed by atoms with E-state index < -0.39 is 11.6 Å². The molecule has 22 heavy (non-hydrogen) atoms. The third-order valence-electron chi connectivity index (χ3n) is 5.26. The van der Waals surface area contributed by atoms with Crippen LogP contribution in [0.3, 0.4) is 0 Å². The first-order valence-electron chi connectivity index (χ1n) is 7.92. The molecule has 1 amide bonds. The largest absolute Gasteiger partial charge is 0.396 e. The summed E-state index contributed by atoms with van der Waals surface area (Å²) in [7, 11) is 0. The van der Waals surface area contributed by atoms with Crippen molar-refractivity contribution in [2.24, 2.45) is 17.8 Å². The summed E-state index contributed by atoms with van der Waals surface area (Å²) in [6, 6.07) is 3.47. The van der Waals surface area contributed by atoms with E-state index in [2.05, 4.69) is 5.32 Å². The van der Waals surface area contributed by atoms with Crippen LogP contribution in [0, 0.1) is 29.4 Å². The van der Waals surface area contributed by atoms with E-state index >= 15 is 0 Å². The lowest BCUT2D eigenvalue weighted by atomic mass is 9.85. The normalized spacial score (nSPS) is 29.8. The van der Waals surface area contributed by atoms with Crippen molar-refractivity contribution in [3.63, 3.8) is 0 Å². The van der Waals surface area contributed by atoms with E-state index in [-0.39, 0.29) is 37.3 Å². The Morgan fingerprint density at radius 1 is 1.27 bits per heavy atom. The summed E-state index contributed by atoms with van der Waals surface area (Å²) in [6.07, 6.45) is 3.77. The van der Waals surface area contributed by atoms with E-state index in [0.717, 1.165) is 25.3 Å². The van der Waals surface area contributed by atoms with E-state index in [1.165, 1.54) is 12.1 Å². The molecule has 3 nitrogen and oxygen atoms in total. The van der Waals surface area contributed by atoms with Crippen LogP contribution in [-0.4, -0.2) is 23.7 Å². The predicted octanol–water partition coefficient (Wildman–Crippen LogP) is 2.42. The molecule has 2 saturated carbocycles. The number of nitrogens with one attached hydrogen (secondary N) is 1. The standard InChI is InChI=1S/C17H21F2NO2/c18-13-5-3-10(15(19)8-13)4-6-16(22)20-17-12-2-1-11(7-12)14(17)9-21/h3,5,8,11-12,14,17,21H,1-2,4,6-7,9H2,(H,20,22). The molecule has 120 valence electrons. The van der Waals surface area contributed by atoms with Gasteiger partial charge in [0.05, 0.1) is 0 Å². The highest BCUT2D eigenvalue weighted by atomic mass is 19.1. The van der Waals surface area contributed by atoms with Gasteiger partial charge in [0.15, 0.2) is 0 Å². The van der Waals surface area contributed by atoms with E-state index in [9.17, 15) is 18.7 Å². The van der Waals surface area contributed by atoms with Crippen molar-refractivity contribution >= 4 is 5.91 Å². The van der Waals surface area contributed by atoms with Gasteiger partial charge in [-0.25, -0.2) is 8.78 Å². The fourth-order valence-corrected chi connectivity index (χ4v) is 4.13.